The summed E-state index contributed by atoms with van der Waals surface area (Å²) < 4.78 is 0. The standard InChI is InChI=1S/C26H27ClN6O3/c1-14-10-16(15(2)29-17-4-5-21(27)31-23(17)25(35)36)22-18(11-14)30-19(12-28)24(32-22)33-9-3-7-26(13-33)8-6-20(26)34/h4-5,10-11,15,20,29,34H,3,6-9,13H2,1-2H3,(H,35,36)/t15-,20+,26?/m1/s1. The van der Waals surface area contributed by atoms with Crippen LogP contribution in [0.1, 0.15) is 66.0 Å². The molecule has 1 saturated carbocycles. The number of hydrogen-bond acceptors (Lipinski definition) is 8. The molecule has 36 heavy (non-hydrogen) atoms. The largest absolute Gasteiger partial charge is 0.476 e. The molecular formula is C26H27ClN6O3. The van der Waals surface area contributed by atoms with Gasteiger partial charge in [-0.2, -0.15) is 5.26 Å². The van der Waals surface area contributed by atoms with E-state index < -0.39 is 5.97 Å². The normalized spacial score (nSPS) is 22.2. The molecule has 9 nitrogen and oxygen atoms in total. The number of aromatic nitrogens is 3. The summed E-state index contributed by atoms with van der Waals surface area (Å²) in [4.78, 5) is 27.4. The number of halogens is 1. The molecule has 3 aromatic rings. The van der Waals surface area contributed by atoms with Crippen molar-refractivity contribution >= 4 is 40.1 Å². The molecule has 10 heteroatoms. The van der Waals surface area contributed by atoms with Gasteiger partial charge in [-0.25, -0.2) is 19.7 Å². The maximum absolute atomic E-state index is 11.7. The summed E-state index contributed by atoms with van der Waals surface area (Å²) >= 11 is 5.91. The zero-order chi connectivity index (χ0) is 25.6. The smallest absolute Gasteiger partial charge is 0.356 e. The van der Waals surface area contributed by atoms with E-state index in [1.54, 1.807) is 6.07 Å². The van der Waals surface area contributed by atoms with Crippen LogP contribution in [0.4, 0.5) is 11.5 Å². The van der Waals surface area contributed by atoms with E-state index in [1.165, 1.54) is 6.07 Å². The predicted octanol–water partition coefficient (Wildman–Crippen LogP) is 4.47. The van der Waals surface area contributed by atoms with Gasteiger partial charge in [0.1, 0.15) is 11.2 Å². The fraction of sp³-hybridized carbons (Fsp3) is 0.423. The van der Waals surface area contributed by atoms with Crippen molar-refractivity contribution in [2.45, 2.75) is 51.7 Å². The Bertz CT molecular complexity index is 1410. The Morgan fingerprint density at radius 1 is 1.31 bits per heavy atom. The number of nitrogens with one attached hydrogen (secondary N) is 1. The number of anilines is 2. The number of rotatable bonds is 5. The first-order chi connectivity index (χ1) is 17.2. The average molecular weight is 507 g/mol. The fourth-order valence-corrected chi connectivity index (χ4v) is 5.62. The second kappa shape index (κ2) is 9.19. The second-order valence-corrected chi connectivity index (χ2v) is 10.3. The lowest BCUT2D eigenvalue weighted by atomic mass is 9.62. The lowest BCUT2D eigenvalue weighted by Gasteiger charge is -2.52. The van der Waals surface area contributed by atoms with Crippen molar-refractivity contribution in [1.82, 2.24) is 15.0 Å². The van der Waals surface area contributed by atoms with Gasteiger partial charge in [0.05, 0.1) is 28.9 Å². The molecule has 2 aromatic heterocycles. The van der Waals surface area contributed by atoms with Gasteiger partial charge in [-0.3, -0.25) is 0 Å². The molecule has 2 aliphatic rings. The summed E-state index contributed by atoms with van der Waals surface area (Å²) in [5.74, 6) is -0.654. The molecule has 0 bridgehead atoms. The quantitative estimate of drug-likeness (QED) is 0.428. The average Bonchev–Trinajstić information content (AvgIpc) is 2.87. The van der Waals surface area contributed by atoms with Gasteiger partial charge in [-0.15, -0.1) is 0 Å². The third-order valence-corrected chi connectivity index (χ3v) is 7.67. The third kappa shape index (κ3) is 4.21. The molecule has 1 aromatic carbocycles. The van der Waals surface area contributed by atoms with Crippen LogP contribution >= 0.6 is 11.6 Å². The van der Waals surface area contributed by atoms with Gasteiger partial charge in [-0.05, 0) is 63.3 Å². The number of pyridine rings is 1. The molecule has 3 N–H and O–H groups in total. The Morgan fingerprint density at radius 2 is 2.11 bits per heavy atom. The Hall–Kier alpha value is -3.48. The highest BCUT2D eigenvalue weighted by Crippen LogP contribution is 2.48. The minimum atomic E-state index is -1.18. The topological polar surface area (TPSA) is 135 Å². The van der Waals surface area contributed by atoms with E-state index in [0.29, 0.717) is 29.1 Å². The van der Waals surface area contributed by atoms with E-state index in [1.807, 2.05) is 26.0 Å². The summed E-state index contributed by atoms with van der Waals surface area (Å²) in [6.45, 7) is 5.25. The number of fused-ring (bicyclic) bond motifs is 1. The molecule has 3 heterocycles. The number of aliphatic hydroxyl groups is 1. The van der Waals surface area contributed by atoms with E-state index in [2.05, 4.69) is 26.3 Å². The van der Waals surface area contributed by atoms with Gasteiger partial charge in [0, 0.05) is 24.1 Å². The first kappa shape index (κ1) is 24.2. The van der Waals surface area contributed by atoms with E-state index in [9.17, 15) is 20.3 Å². The molecule has 5 rings (SSSR count). The highest BCUT2D eigenvalue weighted by atomic mass is 35.5. The third-order valence-electron chi connectivity index (χ3n) is 7.46. The molecule has 3 atom stereocenters. The number of carboxylic acids is 1. The van der Waals surface area contributed by atoms with Crippen LogP contribution in [0, 0.1) is 23.7 Å². The molecular weight excluding hydrogens is 480 g/mol. The first-order valence-electron chi connectivity index (χ1n) is 12.0. The monoisotopic (exact) mass is 506 g/mol. The summed E-state index contributed by atoms with van der Waals surface area (Å²) in [5.41, 5.74) is 3.31. The van der Waals surface area contributed by atoms with Crippen LogP contribution in [-0.2, 0) is 0 Å². The predicted molar refractivity (Wildman–Crippen MR) is 136 cm³/mol. The van der Waals surface area contributed by atoms with Gasteiger partial charge in [0.25, 0.3) is 0 Å². The van der Waals surface area contributed by atoms with Crippen LogP contribution in [-0.4, -0.2) is 50.3 Å². The van der Waals surface area contributed by atoms with Gasteiger partial charge in [-0.1, -0.05) is 17.7 Å². The van der Waals surface area contributed by atoms with Crippen LogP contribution in [0.25, 0.3) is 11.0 Å². The van der Waals surface area contributed by atoms with Crippen molar-refractivity contribution in [3.05, 3.63) is 51.9 Å². The molecule has 0 amide bonds. The minimum Gasteiger partial charge on any atom is -0.476 e. The van der Waals surface area contributed by atoms with Crippen LogP contribution in [0.5, 0.6) is 0 Å². The summed E-state index contributed by atoms with van der Waals surface area (Å²) in [7, 11) is 0. The molecule has 0 radical (unpaired) electrons. The first-order valence-corrected chi connectivity index (χ1v) is 12.4. The molecule has 2 fully saturated rings. The van der Waals surface area contributed by atoms with Gasteiger partial charge < -0.3 is 20.4 Å². The lowest BCUT2D eigenvalue weighted by Crippen LogP contribution is -2.55. The second-order valence-electron chi connectivity index (χ2n) is 9.87. The van der Waals surface area contributed by atoms with Crippen molar-refractivity contribution in [3.8, 4) is 6.07 Å². The molecule has 1 unspecified atom stereocenters. The number of piperidine rings is 1. The van der Waals surface area contributed by atoms with E-state index in [0.717, 1.165) is 43.4 Å². The fourth-order valence-electron chi connectivity index (χ4n) is 5.47. The van der Waals surface area contributed by atoms with Crippen molar-refractivity contribution in [1.29, 1.82) is 5.26 Å². The van der Waals surface area contributed by atoms with Crippen molar-refractivity contribution in [3.63, 3.8) is 0 Å². The zero-order valence-electron chi connectivity index (χ0n) is 20.1. The van der Waals surface area contributed by atoms with Crippen LogP contribution in [0.15, 0.2) is 24.3 Å². The highest BCUT2D eigenvalue weighted by Gasteiger charge is 2.48. The number of benzene rings is 1. The highest BCUT2D eigenvalue weighted by molar-refractivity contribution is 6.29. The number of aryl methyl sites for hydroxylation is 1. The number of carbonyl (C=O) groups is 1. The number of aliphatic hydroxyl groups excluding tert-OH is 1. The molecule has 1 spiro atoms. The Kier molecular flexibility index (Phi) is 6.18. The van der Waals surface area contributed by atoms with Crippen LogP contribution < -0.4 is 10.2 Å². The number of nitrogens with zero attached hydrogens (tertiary/aromatic N) is 5. The Morgan fingerprint density at radius 3 is 2.78 bits per heavy atom. The Labute approximate surface area is 213 Å². The van der Waals surface area contributed by atoms with Gasteiger partial charge in [0.2, 0.25) is 0 Å². The van der Waals surface area contributed by atoms with E-state index >= 15 is 0 Å². The van der Waals surface area contributed by atoms with Gasteiger partial charge >= 0.3 is 5.97 Å². The molecule has 1 aliphatic carbocycles. The maximum Gasteiger partial charge on any atom is 0.356 e. The molecule has 186 valence electrons. The van der Waals surface area contributed by atoms with Crippen molar-refractivity contribution in [2.24, 2.45) is 5.41 Å². The van der Waals surface area contributed by atoms with Crippen molar-refractivity contribution < 1.29 is 15.0 Å². The van der Waals surface area contributed by atoms with E-state index in [4.69, 9.17) is 16.6 Å². The zero-order valence-corrected chi connectivity index (χ0v) is 20.9. The summed E-state index contributed by atoms with van der Waals surface area (Å²) in [6.07, 6.45) is 3.35. The minimum absolute atomic E-state index is 0.0991. The Balaban J connectivity index is 1.56. The number of aromatic carboxylic acids is 1. The van der Waals surface area contributed by atoms with Crippen molar-refractivity contribution in [2.75, 3.05) is 23.3 Å². The van der Waals surface area contributed by atoms with Crippen LogP contribution in [0.2, 0.25) is 5.15 Å². The summed E-state index contributed by atoms with van der Waals surface area (Å²) in [6, 6.07) is 8.88. The molecule has 1 saturated heterocycles. The summed E-state index contributed by atoms with van der Waals surface area (Å²) in [5, 5.41) is 33.3. The number of hydrogen-bond donors (Lipinski definition) is 3. The number of carboxylic acid groups (broad SMARTS) is 1. The molecule has 1 aliphatic heterocycles. The van der Waals surface area contributed by atoms with Gasteiger partial charge in [0.15, 0.2) is 17.2 Å². The number of nitriles is 1. The van der Waals surface area contributed by atoms with E-state index in [-0.39, 0.29) is 34.1 Å². The van der Waals surface area contributed by atoms with Crippen LogP contribution in [0.3, 0.4) is 0 Å². The maximum atomic E-state index is 11.7. The lowest BCUT2D eigenvalue weighted by molar-refractivity contribution is -0.0719. The SMILES string of the molecule is Cc1cc([C@@H](C)Nc2ccc(Cl)nc2C(=O)O)c2nc(N3CCCC4(CC[C@@H]4O)C3)c(C#N)nc2c1.